The summed E-state index contributed by atoms with van der Waals surface area (Å²) in [6, 6.07) is 19.7. The number of nitrogens with one attached hydrogen (secondary N) is 1. The summed E-state index contributed by atoms with van der Waals surface area (Å²) >= 11 is 6.02. The van der Waals surface area contributed by atoms with Gasteiger partial charge in [-0.25, -0.2) is 0 Å². The minimum atomic E-state index is -0.468. The number of aromatic nitrogens is 2. The highest BCUT2D eigenvalue weighted by molar-refractivity contribution is 6.30. The van der Waals surface area contributed by atoms with E-state index in [-0.39, 0.29) is 5.78 Å². The van der Waals surface area contributed by atoms with Crippen LogP contribution < -0.4 is 10.6 Å². The van der Waals surface area contributed by atoms with E-state index in [1.54, 1.807) is 4.90 Å². The van der Waals surface area contributed by atoms with E-state index in [4.69, 9.17) is 17.3 Å². The number of nitrogens with zero attached hydrogens (tertiary/aromatic N) is 3. The van der Waals surface area contributed by atoms with Crippen molar-refractivity contribution in [1.82, 2.24) is 10.2 Å². The molecule has 2 aromatic carbocycles. The van der Waals surface area contributed by atoms with Crippen LogP contribution in [0.2, 0.25) is 5.02 Å². The molecular formula is C27H24ClN5O. The monoisotopic (exact) mass is 469 g/mol. The van der Waals surface area contributed by atoms with Gasteiger partial charge in [-0.2, -0.15) is 10.4 Å². The lowest BCUT2D eigenvalue weighted by molar-refractivity contribution is -0.116. The van der Waals surface area contributed by atoms with E-state index in [0.29, 0.717) is 40.6 Å². The number of anilines is 1. The number of benzene rings is 2. The molecule has 1 atom stereocenters. The molecule has 5 rings (SSSR count). The summed E-state index contributed by atoms with van der Waals surface area (Å²) in [5.41, 5.74) is 12.3. The Morgan fingerprint density at radius 3 is 2.59 bits per heavy atom. The van der Waals surface area contributed by atoms with Gasteiger partial charge in [-0.15, -0.1) is 0 Å². The summed E-state index contributed by atoms with van der Waals surface area (Å²) in [6.07, 6.45) is 2.81. The second kappa shape index (κ2) is 8.85. The maximum atomic E-state index is 13.2. The molecule has 0 spiro atoms. The van der Waals surface area contributed by atoms with Crippen LogP contribution in [0, 0.1) is 11.3 Å². The third-order valence-corrected chi connectivity index (χ3v) is 6.84. The van der Waals surface area contributed by atoms with E-state index >= 15 is 0 Å². The van der Waals surface area contributed by atoms with E-state index in [1.807, 2.05) is 54.6 Å². The van der Waals surface area contributed by atoms with Crippen molar-refractivity contribution in [3.05, 3.63) is 93.4 Å². The summed E-state index contributed by atoms with van der Waals surface area (Å²) in [5, 5.41) is 18.4. The van der Waals surface area contributed by atoms with Gasteiger partial charge in [0.05, 0.1) is 23.3 Å². The van der Waals surface area contributed by atoms with Crippen LogP contribution in [-0.2, 0) is 11.2 Å². The Morgan fingerprint density at radius 2 is 1.91 bits per heavy atom. The van der Waals surface area contributed by atoms with Gasteiger partial charge in [0, 0.05) is 28.8 Å². The van der Waals surface area contributed by atoms with Crippen LogP contribution in [0.15, 0.2) is 77.3 Å². The number of nitrogens with two attached hydrogens (primary N) is 1. The van der Waals surface area contributed by atoms with Gasteiger partial charge in [0.2, 0.25) is 0 Å². The lowest BCUT2D eigenvalue weighted by Crippen LogP contribution is -2.38. The lowest BCUT2D eigenvalue weighted by atomic mass is 9.75. The van der Waals surface area contributed by atoms with Crippen LogP contribution >= 0.6 is 11.6 Å². The number of H-pyrrole nitrogens is 1. The molecular weight excluding hydrogens is 446 g/mol. The fraction of sp³-hybridized carbons (Fsp3) is 0.222. The molecule has 1 aliphatic carbocycles. The fourth-order valence-electron chi connectivity index (χ4n) is 4.83. The topological polar surface area (TPSA) is 98.8 Å². The van der Waals surface area contributed by atoms with Crippen molar-refractivity contribution in [2.45, 2.75) is 38.5 Å². The largest absolute Gasteiger partial charge is 0.384 e. The summed E-state index contributed by atoms with van der Waals surface area (Å²) < 4.78 is 0. The Morgan fingerprint density at radius 1 is 1.18 bits per heavy atom. The zero-order valence-corrected chi connectivity index (χ0v) is 19.6. The van der Waals surface area contributed by atoms with Crippen LogP contribution in [0.5, 0.6) is 0 Å². The third-order valence-electron chi connectivity index (χ3n) is 6.58. The summed E-state index contributed by atoms with van der Waals surface area (Å²) in [4.78, 5) is 15.0. The molecule has 0 bridgehead atoms. The maximum absolute atomic E-state index is 13.2. The van der Waals surface area contributed by atoms with Crippen LogP contribution in [0.1, 0.15) is 43.2 Å². The van der Waals surface area contributed by atoms with Crippen molar-refractivity contribution in [3.8, 4) is 17.3 Å². The minimum Gasteiger partial charge on any atom is -0.384 e. The maximum Gasteiger partial charge on any atom is 0.161 e. The van der Waals surface area contributed by atoms with Gasteiger partial charge < -0.3 is 5.73 Å². The number of Topliss-reactive ketones (excluding diaryl/α,β-unsaturated/α-hetero) is 1. The van der Waals surface area contributed by atoms with Gasteiger partial charge in [-0.1, -0.05) is 54.9 Å². The zero-order valence-electron chi connectivity index (χ0n) is 18.8. The van der Waals surface area contributed by atoms with Crippen molar-refractivity contribution < 1.29 is 4.79 Å². The number of allylic oxidation sites excluding steroid dienone is 3. The molecule has 2 aliphatic rings. The number of nitriles is 1. The van der Waals surface area contributed by atoms with E-state index in [0.717, 1.165) is 35.4 Å². The van der Waals surface area contributed by atoms with Crippen molar-refractivity contribution in [2.75, 3.05) is 4.90 Å². The third kappa shape index (κ3) is 3.68. The number of hydrogen-bond donors (Lipinski definition) is 2. The Bertz CT molecular complexity index is 1360. The van der Waals surface area contributed by atoms with Gasteiger partial charge in [0.25, 0.3) is 0 Å². The van der Waals surface area contributed by atoms with Crippen molar-refractivity contribution in [3.63, 3.8) is 0 Å². The Hall–Kier alpha value is -3.82. The first-order valence-corrected chi connectivity index (χ1v) is 11.8. The molecule has 0 saturated carbocycles. The highest BCUT2D eigenvalue weighted by Gasteiger charge is 2.40. The first-order valence-electron chi connectivity index (χ1n) is 11.4. The highest BCUT2D eigenvalue weighted by Crippen LogP contribution is 2.46. The summed E-state index contributed by atoms with van der Waals surface area (Å²) in [6.45, 7) is 2.10. The van der Waals surface area contributed by atoms with Gasteiger partial charge in [0.1, 0.15) is 5.82 Å². The van der Waals surface area contributed by atoms with E-state index in [2.05, 4.69) is 23.2 Å². The number of ketones is 1. The van der Waals surface area contributed by atoms with Gasteiger partial charge in [-0.3, -0.25) is 14.8 Å². The number of hydrogen-bond acceptors (Lipinski definition) is 5. The molecule has 170 valence electrons. The van der Waals surface area contributed by atoms with Gasteiger partial charge in [-0.05, 0) is 48.1 Å². The van der Waals surface area contributed by atoms with E-state index in [1.165, 1.54) is 5.56 Å². The molecule has 7 heteroatoms. The normalized spacial score (nSPS) is 18.2. The number of halogens is 1. The standard InChI is InChI=1S/C27H24ClN5O/c1-2-16-6-8-18(9-7-16)25-20(15-29)27(30)33(22-4-3-5-23(34)26(22)25)24-14-21(31-32-24)17-10-12-19(28)13-11-17/h6-14,25H,2-5,30H2,1H3,(H,31,32). The molecule has 1 aliphatic heterocycles. The average Bonchev–Trinajstić information content (AvgIpc) is 3.33. The molecule has 34 heavy (non-hydrogen) atoms. The average molecular weight is 470 g/mol. The minimum absolute atomic E-state index is 0.0597. The van der Waals surface area contributed by atoms with Gasteiger partial charge in [0.15, 0.2) is 11.6 Å². The van der Waals surface area contributed by atoms with Crippen LogP contribution in [0.3, 0.4) is 0 Å². The zero-order chi connectivity index (χ0) is 23.8. The molecule has 0 radical (unpaired) electrons. The number of carbonyl (C=O) groups is 1. The Labute approximate surface area is 203 Å². The molecule has 6 nitrogen and oxygen atoms in total. The van der Waals surface area contributed by atoms with E-state index in [9.17, 15) is 10.1 Å². The quantitative estimate of drug-likeness (QED) is 0.518. The van der Waals surface area contributed by atoms with Crippen LogP contribution in [0.25, 0.3) is 11.3 Å². The lowest BCUT2D eigenvalue weighted by Gasteiger charge is -2.38. The SMILES string of the molecule is CCc1ccc(C2C(C#N)=C(N)N(c3cc(-c4ccc(Cl)cc4)[nH]n3)C3=C2C(=O)CCC3)cc1. The number of aryl methyl sites for hydroxylation is 1. The molecule has 0 fully saturated rings. The van der Waals surface area contributed by atoms with Crippen molar-refractivity contribution in [2.24, 2.45) is 5.73 Å². The molecule has 2 heterocycles. The molecule has 0 amide bonds. The van der Waals surface area contributed by atoms with Crippen LogP contribution in [-0.4, -0.2) is 16.0 Å². The number of rotatable bonds is 4. The second-order valence-corrected chi connectivity index (χ2v) is 8.99. The first kappa shape index (κ1) is 22.0. The molecule has 1 aromatic heterocycles. The van der Waals surface area contributed by atoms with Crippen molar-refractivity contribution >= 4 is 23.2 Å². The first-order chi connectivity index (χ1) is 16.5. The second-order valence-electron chi connectivity index (χ2n) is 8.56. The van der Waals surface area contributed by atoms with Crippen molar-refractivity contribution in [1.29, 1.82) is 5.26 Å². The van der Waals surface area contributed by atoms with Crippen LogP contribution in [0.4, 0.5) is 5.82 Å². The fourth-order valence-corrected chi connectivity index (χ4v) is 4.96. The molecule has 3 aromatic rings. The molecule has 1 unspecified atom stereocenters. The molecule has 0 saturated heterocycles. The summed E-state index contributed by atoms with van der Waals surface area (Å²) in [7, 11) is 0. The Balaban J connectivity index is 1.64. The van der Waals surface area contributed by atoms with Gasteiger partial charge >= 0.3 is 0 Å². The predicted octanol–water partition coefficient (Wildman–Crippen LogP) is 5.60. The Kier molecular flexibility index (Phi) is 5.72. The summed E-state index contributed by atoms with van der Waals surface area (Å²) in [5.74, 6) is 0.459. The predicted molar refractivity (Wildman–Crippen MR) is 133 cm³/mol. The number of carbonyl (C=O) groups excluding carboxylic acids is 1. The highest BCUT2D eigenvalue weighted by atomic mass is 35.5. The molecule has 3 N–H and O–H groups in total. The smallest absolute Gasteiger partial charge is 0.161 e. The number of aromatic amines is 1. The van der Waals surface area contributed by atoms with E-state index < -0.39 is 5.92 Å².